The van der Waals surface area contributed by atoms with Gasteiger partial charge in [0, 0.05) is 0 Å². The van der Waals surface area contributed by atoms with E-state index in [1.165, 1.54) is 54.6 Å². The smallest absolute Gasteiger partial charge is 0.345 e. The zero-order valence-corrected chi connectivity index (χ0v) is 29.2. The molecule has 15 heteroatoms. The Labute approximate surface area is 320 Å². The fourth-order valence-corrected chi connectivity index (χ4v) is 5.53. The van der Waals surface area contributed by atoms with Crippen LogP contribution in [0.15, 0.2) is 175 Å². The second kappa shape index (κ2) is 16.5. The van der Waals surface area contributed by atoms with Gasteiger partial charge in [0.1, 0.15) is 34.5 Å². The number of isocyanates is 3. The molecule has 0 aliphatic rings. The third kappa shape index (κ3) is 8.26. The van der Waals surface area contributed by atoms with Gasteiger partial charge in [-0.1, -0.05) is 0 Å². The van der Waals surface area contributed by atoms with E-state index in [1.807, 2.05) is 0 Å². The monoisotopic (exact) mass is 756 g/mol. The standard InChI is InChI=1S/C42H24N6O9/c49-25-43-28-1-13-34(14-2-28)55-37-19-7-31(8-20-37)46-40(52)47(32-9-21-38(22-10-32)56-35-15-3-29(4-16-35)44-26-50)42(54)48(41(46)53)33-11-23-39(24-12-33)57-36-17-5-30(6-18-36)45-27-51/h1-24H. The molecule has 7 aromatic rings. The highest BCUT2D eigenvalue weighted by atomic mass is 16.5. The van der Waals surface area contributed by atoms with Gasteiger partial charge in [-0.05, 0) is 146 Å². The van der Waals surface area contributed by atoms with Crippen LogP contribution in [0.2, 0.25) is 0 Å². The minimum absolute atomic E-state index is 0.139. The minimum atomic E-state index is -0.941. The molecule has 0 atom stereocenters. The molecule has 0 saturated carbocycles. The van der Waals surface area contributed by atoms with Gasteiger partial charge in [-0.15, -0.1) is 0 Å². The van der Waals surface area contributed by atoms with Gasteiger partial charge in [0.25, 0.3) is 0 Å². The Morgan fingerprint density at radius 3 is 0.702 bits per heavy atom. The quantitative estimate of drug-likeness (QED) is 0.0905. The van der Waals surface area contributed by atoms with Gasteiger partial charge >= 0.3 is 17.1 Å². The summed E-state index contributed by atoms with van der Waals surface area (Å²) in [5.41, 5.74) is -1.21. The lowest BCUT2D eigenvalue weighted by atomic mass is 10.2. The van der Waals surface area contributed by atoms with Gasteiger partial charge in [0.15, 0.2) is 0 Å². The summed E-state index contributed by atoms with van der Waals surface area (Å²) in [4.78, 5) is 84.8. The highest BCUT2D eigenvalue weighted by Crippen LogP contribution is 2.27. The van der Waals surface area contributed by atoms with E-state index in [2.05, 4.69) is 15.0 Å². The predicted octanol–water partition coefficient (Wildman–Crippen LogP) is 7.42. The molecule has 7 rings (SSSR count). The normalized spacial score (nSPS) is 10.3. The van der Waals surface area contributed by atoms with Crippen molar-refractivity contribution in [3.8, 4) is 51.6 Å². The maximum Gasteiger partial charge on any atom is 0.345 e. The Morgan fingerprint density at radius 1 is 0.316 bits per heavy atom. The Bertz CT molecular complexity index is 2550. The van der Waals surface area contributed by atoms with Crippen LogP contribution in [0.5, 0.6) is 34.5 Å². The third-order valence-corrected chi connectivity index (χ3v) is 8.17. The van der Waals surface area contributed by atoms with E-state index in [0.29, 0.717) is 51.6 Å². The van der Waals surface area contributed by atoms with Crippen LogP contribution in [0.3, 0.4) is 0 Å². The molecular formula is C42H24N6O9. The van der Waals surface area contributed by atoms with Crippen molar-refractivity contribution in [1.29, 1.82) is 0 Å². The number of hydrogen-bond acceptors (Lipinski definition) is 12. The Morgan fingerprint density at radius 2 is 0.509 bits per heavy atom. The van der Waals surface area contributed by atoms with Crippen molar-refractivity contribution in [2.45, 2.75) is 0 Å². The highest BCUT2D eigenvalue weighted by Gasteiger charge is 2.20. The molecule has 1 heterocycles. The first-order valence-electron chi connectivity index (χ1n) is 16.7. The van der Waals surface area contributed by atoms with Gasteiger partial charge in [-0.25, -0.2) is 42.5 Å². The lowest BCUT2D eigenvalue weighted by molar-refractivity contribution is 0.482. The maximum absolute atomic E-state index is 14.2. The number of benzene rings is 6. The predicted molar refractivity (Wildman–Crippen MR) is 206 cm³/mol. The van der Waals surface area contributed by atoms with E-state index in [4.69, 9.17) is 14.2 Å². The first kappa shape index (κ1) is 36.6. The summed E-state index contributed by atoms with van der Waals surface area (Å²) in [7, 11) is 0. The molecule has 0 aliphatic heterocycles. The van der Waals surface area contributed by atoms with Crippen LogP contribution in [0.25, 0.3) is 17.1 Å². The molecule has 57 heavy (non-hydrogen) atoms. The fraction of sp³-hybridized carbons (Fsp3) is 0. The van der Waals surface area contributed by atoms with Crippen molar-refractivity contribution in [3.05, 3.63) is 177 Å². The van der Waals surface area contributed by atoms with Crippen molar-refractivity contribution < 1.29 is 28.6 Å². The SMILES string of the molecule is O=C=Nc1ccc(Oc2ccc(-n3c(=O)n(-c4ccc(Oc5ccc(N=C=O)cc5)cc4)c(=O)n(-c4ccc(Oc5ccc(N=C=O)cc5)cc4)c3=O)cc2)cc1. The fourth-order valence-electron chi connectivity index (χ4n) is 5.53. The van der Waals surface area contributed by atoms with E-state index < -0.39 is 17.1 Å². The molecule has 0 amide bonds. The molecule has 0 saturated heterocycles. The third-order valence-electron chi connectivity index (χ3n) is 8.17. The molecule has 276 valence electrons. The van der Waals surface area contributed by atoms with E-state index in [0.717, 1.165) is 13.7 Å². The molecule has 0 spiro atoms. The van der Waals surface area contributed by atoms with Crippen molar-refractivity contribution in [1.82, 2.24) is 13.7 Å². The summed E-state index contributed by atoms with van der Waals surface area (Å²) in [5, 5.41) is 0. The lowest BCUT2D eigenvalue weighted by Crippen LogP contribution is -2.52. The van der Waals surface area contributed by atoms with Crippen LogP contribution in [-0.4, -0.2) is 31.9 Å². The summed E-state index contributed by atoms with van der Waals surface area (Å²) >= 11 is 0. The molecular weight excluding hydrogens is 732 g/mol. The Hall–Kier alpha value is -8.73. The summed E-state index contributed by atoms with van der Waals surface area (Å²) in [6.45, 7) is 0. The average Bonchev–Trinajstić information content (AvgIpc) is 3.22. The number of hydrogen-bond donors (Lipinski definition) is 0. The van der Waals surface area contributed by atoms with Crippen LogP contribution >= 0.6 is 0 Å². The second-order valence-electron chi connectivity index (χ2n) is 11.7. The first-order chi connectivity index (χ1) is 27.8. The molecule has 15 nitrogen and oxygen atoms in total. The summed E-state index contributed by atoms with van der Waals surface area (Å²) in [6.07, 6.45) is 4.41. The van der Waals surface area contributed by atoms with Crippen LogP contribution in [0, 0.1) is 0 Å². The lowest BCUT2D eigenvalue weighted by Gasteiger charge is -2.15. The number of ether oxygens (including phenoxy) is 3. The van der Waals surface area contributed by atoms with E-state index in [9.17, 15) is 28.8 Å². The minimum Gasteiger partial charge on any atom is -0.457 e. The molecule has 0 bridgehead atoms. The molecule has 6 aromatic carbocycles. The molecule has 1 aromatic heterocycles. The van der Waals surface area contributed by atoms with Crippen molar-refractivity contribution >= 4 is 35.3 Å². The van der Waals surface area contributed by atoms with Crippen molar-refractivity contribution in [2.75, 3.05) is 0 Å². The van der Waals surface area contributed by atoms with Gasteiger partial charge in [-0.3, -0.25) is 0 Å². The van der Waals surface area contributed by atoms with Gasteiger partial charge < -0.3 is 14.2 Å². The zero-order chi connectivity index (χ0) is 39.7. The van der Waals surface area contributed by atoms with Crippen LogP contribution < -0.4 is 31.3 Å². The Kier molecular flexibility index (Phi) is 10.6. The highest BCUT2D eigenvalue weighted by molar-refractivity contribution is 5.53. The number of carbonyl (C=O) groups excluding carboxylic acids is 3. The van der Waals surface area contributed by atoms with Gasteiger partial charge in [0.2, 0.25) is 18.2 Å². The maximum atomic E-state index is 14.2. The molecule has 0 fully saturated rings. The Balaban J connectivity index is 1.26. The van der Waals surface area contributed by atoms with Crippen LogP contribution in [-0.2, 0) is 14.4 Å². The summed E-state index contributed by atoms with van der Waals surface area (Å²) in [5.74, 6) is 2.43. The van der Waals surface area contributed by atoms with Gasteiger partial charge in [0.05, 0.1) is 34.1 Å². The van der Waals surface area contributed by atoms with Crippen molar-refractivity contribution in [2.24, 2.45) is 15.0 Å². The number of nitrogens with zero attached hydrogens (tertiary/aromatic N) is 6. The van der Waals surface area contributed by atoms with E-state index in [1.54, 1.807) is 109 Å². The molecule has 0 radical (unpaired) electrons. The van der Waals surface area contributed by atoms with E-state index in [-0.39, 0.29) is 17.1 Å². The number of aliphatic imine (C=N–C) groups is 3. The molecule has 0 N–H and O–H groups in total. The summed E-state index contributed by atoms with van der Waals surface area (Å²) < 4.78 is 20.2. The average molecular weight is 757 g/mol. The van der Waals surface area contributed by atoms with Crippen LogP contribution in [0.1, 0.15) is 0 Å². The molecule has 0 unspecified atom stereocenters. The first-order valence-corrected chi connectivity index (χ1v) is 16.7. The van der Waals surface area contributed by atoms with Gasteiger partial charge in [-0.2, -0.15) is 15.0 Å². The van der Waals surface area contributed by atoms with Crippen LogP contribution in [0.4, 0.5) is 17.1 Å². The van der Waals surface area contributed by atoms with Crippen molar-refractivity contribution in [3.63, 3.8) is 0 Å². The summed E-state index contributed by atoms with van der Waals surface area (Å²) in [6, 6.07) is 37.3. The second-order valence-corrected chi connectivity index (χ2v) is 11.7. The molecule has 0 aliphatic carbocycles. The topological polar surface area (TPSA) is 182 Å². The largest absolute Gasteiger partial charge is 0.457 e. The van der Waals surface area contributed by atoms with E-state index >= 15 is 0 Å². The number of rotatable bonds is 12. The number of aromatic nitrogens is 3. The zero-order valence-electron chi connectivity index (χ0n) is 29.2.